The van der Waals surface area contributed by atoms with Crippen molar-refractivity contribution in [1.29, 1.82) is 0 Å². The lowest BCUT2D eigenvalue weighted by atomic mass is 9.70. The molecular weight excluding hydrogens is 321 g/mol. The Morgan fingerprint density at radius 3 is 2.65 bits per heavy atom. The topological polar surface area (TPSA) is 12.0 Å². The van der Waals surface area contributed by atoms with Crippen molar-refractivity contribution in [2.45, 2.75) is 53.4 Å². The molecule has 1 nitrogen and oxygen atoms in total. The van der Waals surface area contributed by atoms with E-state index >= 15 is 0 Å². The van der Waals surface area contributed by atoms with Gasteiger partial charge in [-0.3, -0.25) is 3.53 Å². The molecule has 0 radical (unpaired) electrons. The van der Waals surface area contributed by atoms with Crippen LogP contribution in [0.4, 0.5) is 0 Å². The van der Waals surface area contributed by atoms with Crippen molar-refractivity contribution in [1.82, 2.24) is 3.53 Å². The molecule has 100 valence electrons. The molecule has 0 bridgehead atoms. The molecule has 0 heterocycles. The molecule has 0 aromatic heterocycles. The molecule has 0 amide bonds. The van der Waals surface area contributed by atoms with Crippen LogP contribution in [0, 0.1) is 23.2 Å². The van der Waals surface area contributed by atoms with Gasteiger partial charge in [-0.1, -0.05) is 52.7 Å². The van der Waals surface area contributed by atoms with Crippen molar-refractivity contribution >= 4 is 22.9 Å². The molecule has 1 saturated carbocycles. The number of hydrogen-bond donors (Lipinski definition) is 1. The summed E-state index contributed by atoms with van der Waals surface area (Å²) < 4.78 is 3.21. The highest BCUT2D eigenvalue weighted by Gasteiger charge is 2.47. The first-order valence-electron chi connectivity index (χ1n) is 6.96. The van der Waals surface area contributed by atoms with Gasteiger partial charge in [0.25, 0.3) is 0 Å². The van der Waals surface area contributed by atoms with Crippen LogP contribution in [0.25, 0.3) is 0 Å². The molecule has 1 fully saturated rings. The highest BCUT2D eigenvalue weighted by molar-refractivity contribution is 14.1. The average Bonchev–Trinajstić information content (AvgIpc) is 2.46. The first-order chi connectivity index (χ1) is 7.95. The van der Waals surface area contributed by atoms with Gasteiger partial charge in [0.1, 0.15) is 0 Å². The Bertz CT molecular complexity index is 260. The second-order valence-corrected chi connectivity index (χ2v) is 7.05. The van der Waals surface area contributed by atoms with Gasteiger partial charge in [-0.25, -0.2) is 0 Å². The van der Waals surface area contributed by atoms with Crippen LogP contribution >= 0.6 is 22.9 Å². The van der Waals surface area contributed by atoms with E-state index in [0.717, 1.165) is 24.8 Å². The molecule has 2 unspecified atom stereocenters. The van der Waals surface area contributed by atoms with E-state index in [-0.39, 0.29) is 0 Å². The summed E-state index contributed by atoms with van der Waals surface area (Å²) in [5, 5.41) is 0. The van der Waals surface area contributed by atoms with E-state index in [0.29, 0.717) is 11.3 Å². The van der Waals surface area contributed by atoms with E-state index in [1.165, 1.54) is 24.8 Å². The molecule has 0 aliphatic heterocycles. The summed E-state index contributed by atoms with van der Waals surface area (Å²) in [7, 11) is 0. The fourth-order valence-electron chi connectivity index (χ4n) is 4.01. The van der Waals surface area contributed by atoms with Crippen LogP contribution in [0.1, 0.15) is 53.4 Å². The zero-order valence-electron chi connectivity index (χ0n) is 11.9. The molecule has 0 aromatic rings. The average molecular weight is 349 g/mol. The van der Waals surface area contributed by atoms with E-state index in [2.05, 4.69) is 60.7 Å². The summed E-state index contributed by atoms with van der Waals surface area (Å²) in [6, 6.07) is 0. The highest BCUT2D eigenvalue weighted by Crippen LogP contribution is 2.55. The van der Waals surface area contributed by atoms with E-state index in [1.807, 2.05) is 0 Å². The third-order valence-electron chi connectivity index (χ3n) is 4.70. The lowest BCUT2D eigenvalue weighted by molar-refractivity contribution is 0.187. The van der Waals surface area contributed by atoms with Gasteiger partial charge in [0, 0.05) is 29.4 Å². The van der Waals surface area contributed by atoms with Gasteiger partial charge >= 0.3 is 0 Å². The van der Waals surface area contributed by atoms with Crippen LogP contribution in [-0.4, -0.2) is 6.54 Å². The van der Waals surface area contributed by atoms with Gasteiger partial charge < -0.3 is 0 Å². The molecule has 2 heteroatoms. The molecule has 1 rings (SSSR count). The van der Waals surface area contributed by atoms with Crippen molar-refractivity contribution in [2.75, 3.05) is 6.54 Å². The lowest BCUT2D eigenvalue weighted by Crippen LogP contribution is -2.28. The molecule has 0 saturated heterocycles. The summed E-state index contributed by atoms with van der Waals surface area (Å²) in [4.78, 5) is 0. The molecule has 0 spiro atoms. The molecule has 1 aliphatic carbocycles. The minimum absolute atomic E-state index is 0.442. The van der Waals surface area contributed by atoms with Crippen LogP contribution < -0.4 is 3.53 Å². The SMILES string of the molecule is C=C(CCNI)[C@@H]1C(C)CC(CCC)C1(C)C. The fourth-order valence-corrected chi connectivity index (χ4v) is 4.28. The first-order valence-corrected chi connectivity index (χ1v) is 8.04. The maximum Gasteiger partial charge on any atom is 0.0169 e. The van der Waals surface area contributed by atoms with Gasteiger partial charge in [0.15, 0.2) is 0 Å². The second-order valence-electron chi connectivity index (χ2n) is 6.29. The van der Waals surface area contributed by atoms with Crippen molar-refractivity contribution in [3.8, 4) is 0 Å². The van der Waals surface area contributed by atoms with Gasteiger partial charge in [-0.05, 0) is 36.0 Å². The molecule has 3 atom stereocenters. The quantitative estimate of drug-likeness (QED) is 0.406. The summed E-state index contributed by atoms with van der Waals surface area (Å²) >= 11 is 2.22. The normalized spacial score (nSPS) is 31.7. The van der Waals surface area contributed by atoms with E-state index in [9.17, 15) is 0 Å². The van der Waals surface area contributed by atoms with Crippen molar-refractivity contribution in [3.63, 3.8) is 0 Å². The first kappa shape index (κ1) is 15.5. The van der Waals surface area contributed by atoms with E-state index < -0.39 is 0 Å². The predicted molar refractivity (Wildman–Crippen MR) is 85.2 cm³/mol. The van der Waals surface area contributed by atoms with Gasteiger partial charge in [0.05, 0.1) is 0 Å². The minimum Gasteiger partial charge on any atom is -0.261 e. The number of halogens is 1. The molecule has 0 aromatic carbocycles. The van der Waals surface area contributed by atoms with Gasteiger partial charge in [0.2, 0.25) is 0 Å². The Balaban J connectivity index is 2.73. The van der Waals surface area contributed by atoms with Crippen LogP contribution in [0.5, 0.6) is 0 Å². The summed E-state index contributed by atoms with van der Waals surface area (Å²) in [6.45, 7) is 15.1. The highest BCUT2D eigenvalue weighted by atomic mass is 127. The maximum atomic E-state index is 4.37. The van der Waals surface area contributed by atoms with Crippen LogP contribution in [-0.2, 0) is 0 Å². The van der Waals surface area contributed by atoms with Crippen LogP contribution in [0.2, 0.25) is 0 Å². The number of rotatable bonds is 6. The monoisotopic (exact) mass is 349 g/mol. The smallest absolute Gasteiger partial charge is 0.0169 e. The fraction of sp³-hybridized carbons (Fsp3) is 0.867. The van der Waals surface area contributed by atoms with Crippen molar-refractivity contribution < 1.29 is 0 Å². The summed E-state index contributed by atoms with van der Waals surface area (Å²) in [5.41, 5.74) is 1.91. The Hall–Kier alpha value is 0.430. The third kappa shape index (κ3) is 3.46. The molecule has 1 aliphatic rings. The Kier molecular flexibility index (Phi) is 5.97. The largest absolute Gasteiger partial charge is 0.261 e. The zero-order chi connectivity index (χ0) is 13.1. The Morgan fingerprint density at radius 2 is 2.12 bits per heavy atom. The predicted octanol–water partition coefficient (Wildman–Crippen LogP) is 4.97. The van der Waals surface area contributed by atoms with E-state index in [1.54, 1.807) is 0 Å². The lowest BCUT2D eigenvalue weighted by Gasteiger charge is -2.35. The number of nitrogens with one attached hydrogen (secondary N) is 1. The van der Waals surface area contributed by atoms with Crippen molar-refractivity contribution in [2.24, 2.45) is 23.2 Å². The third-order valence-corrected chi connectivity index (χ3v) is 5.24. The van der Waals surface area contributed by atoms with Crippen molar-refractivity contribution in [3.05, 3.63) is 12.2 Å². The van der Waals surface area contributed by atoms with Crippen LogP contribution in [0.3, 0.4) is 0 Å². The molecule has 1 N–H and O–H groups in total. The van der Waals surface area contributed by atoms with E-state index in [4.69, 9.17) is 0 Å². The Labute approximate surface area is 121 Å². The zero-order valence-corrected chi connectivity index (χ0v) is 14.0. The second kappa shape index (κ2) is 6.55. The Morgan fingerprint density at radius 1 is 1.47 bits per heavy atom. The minimum atomic E-state index is 0.442. The van der Waals surface area contributed by atoms with Gasteiger partial charge in [-0.2, -0.15) is 0 Å². The standard InChI is InChI=1S/C15H28IN/c1-6-7-13-10-12(3)14(15(13,4)5)11(2)8-9-17-16/h12-14,17H,2,6-10H2,1,3-5H3/t12?,13?,14-/m1/s1. The maximum absolute atomic E-state index is 4.37. The number of hydrogen-bond acceptors (Lipinski definition) is 1. The molecular formula is C15H28IN. The molecule has 17 heavy (non-hydrogen) atoms. The van der Waals surface area contributed by atoms with Gasteiger partial charge in [-0.15, -0.1) is 0 Å². The van der Waals surface area contributed by atoms with Crippen LogP contribution in [0.15, 0.2) is 12.2 Å². The summed E-state index contributed by atoms with van der Waals surface area (Å²) in [6.07, 6.45) is 5.21. The summed E-state index contributed by atoms with van der Waals surface area (Å²) in [5.74, 6) is 2.41.